The lowest BCUT2D eigenvalue weighted by Crippen LogP contribution is -2.08. The molecule has 0 saturated carbocycles. The van der Waals surface area contributed by atoms with E-state index in [1.165, 1.54) is 13.0 Å². The monoisotopic (exact) mass is 184 g/mol. The summed E-state index contributed by atoms with van der Waals surface area (Å²) in [6.07, 6.45) is -2.09. The van der Waals surface area contributed by atoms with E-state index in [4.69, 9.17) is 11.6 Å². The first-order valence-corrected chi connectivity index (χ1v) is 3.29. The summed E-state index contributed by atoms with van der Waals surface area (Å²) in [6, 6.07) is 0. The quantitative estimate of drug-likeness (QED) is 0.546. The molecule has 0 heterocycles. The van der Waals surface area contributed by atoms with Crippen LogP contribution in [0.4, 0.5) is 13.2 Å². The van der Waals surface area contributed by atoms with Crippen molar-refractivity contribution in [3.05, 3.63) is 22.8 Å². The van der Waals surface area contributed by atoms with Gasteiger partial charge in [-0.05, 0) is 19.9 Å². The maximum atomic E-state index is 11.8. The van der Waals surface area contributed by atoms with Gasteiger partial charge in [0.25, 0.3) is 0 Å². The second-order valence-electron chi connectivity index (χ2n) is 2.10. The molecule has 0 nitrogen and oxygen atoms in total. The molecule has 0 spiro atoms. The Balaban J connectivity index is 4.36. The van der Waals surface area contributed by atoms with E-state index in [-0.39, 0.29) is 0 Å². The van der Waals surface area contributed by atoms with Gasteiger partial charge in [-0.1, -0.05) is 17.7 Å². The second-order valence-corrected chi connectivity index (χ2v) is 2.70. The zero-order valence-electron chi connectivity index (χ0n) is 6.17. The summed E-state index contributed by atoms with van der Waals surface area (Å²) in [4.78, 5) is 0. The molecule has 0 aliphatic rings. The van der Waals surface area contributed by atoms with Crippen molar-refractivity contribution in [2.45, 2.75) is 20.0 Å². The lowest BCUT2D eigenvalue weighted by Gasteiger charge is -2.03. The number of hydrogen-bond acceptors (Lipinski definition) is 0. The fourth-order valence-electron chi connectivity index (χ4n) is 0.334. The van der Waals surface area contributed by atoms with Crippen LogP contribution in [0.5, 0.6) is 0 Å². The van der Waals surface area contributed by atoms with E-state index in [1.54, 1.807) is 0 Å². The van der Waals surface area contributed by atoms with Gasteiger partial charge < -0.3 is 0 Å². The van der Waals surface area contributed by atoms with Crippen LogP contribution in [0.25, 0.3) is 0 Å². The summed E-state index contributed by atoms with van der Waals surface area (Å²) in [6.45, 7) is 2.51. The van der Waals surface area contributed by atoms with Crippen LogP contribution in [0.1, 0.15) is 13.8 Å². The Morgan fingerprint density at radius 3 is 1.91 bits per heavy atom. The normalized spacial score (nSPS) is 15.5. The van der Waals surface area contributed by atoms with E-state index in [0.717, 1.165) is 13.0 Å². The van der Waals surface area contributed by atoms with Crippen molar-refractivity contribution in [2.24, 2.45) is 0 Å². The molecule has 0 aliphatic heterocycles. The molecule has 0 aromatic carbocycles. The second kappa shape index (κ2) is 3.81. The van der Waals surface area contributed by atoms with E-state index < -0.39 is 11.7 Å². The van der Waals surface area contributed by atoms with Crippen LogP contribution in [0.15, 0.2) is 22.8 Å². The van der Waals surface area contributed by atoms with E-state index in [0.29, 0.717) is 5.03 Å². The van der Waals surface area contributed by atoms with Crippen molar-refractivity contribution < 1.29 is 13.2 Å². The Morgan fingerprint density at radius 2 is 1.64 bits per heavy atom. The van der Waals surface area contributed by atoms with Crippen molar-refractivity contribution in [1.82, 2.24) is 0 Å². The zero-order chi connectivity index (χ0) is 9.07. The molecule has 0 rings (SSSR count). The SMILES string of the molecule is C/C(Cl)=C\C=C(/C)C(F)(F)F. The smallest absolute Gasteiger partial charge is 0.166 e. The summed E-state index contributed by atoms with van der Waals surface area (Å²) in [5.74, 6) is 0. The van der Waals surface area contributed by atoms with Gasteiger partial charge in [-0.2, -0.15) is 13.2 Å². The van der Waals surface area contributed by atoms with Crippen LogP contribution in [0.3, 0.4) is 0 Å². The summed E-state index contributed by atoms with van der Waals surface area (Å²) in [5.41, 5.74) is -0.655. The number of allylic oxidation sites excluding steroid dienone is 4. The highest BCUT2D eigenvalue weighted by atomic mass is 35.5. The molecule has 0 radical (unpaired) electrons. The van der Waals surface area contributed by atoms with E-state index in [2.05, 4.69) is 0 Å². The fraction of sp³-hybridized carbons (Fsp3) is 0.429. The molecule has 0 aromatic heterocycles. The zero-order valence-corrected chi connectivity index (χ0v) is 6.92. The average molecular weight is 185 g/mol. The van der Waals surface area contributed by atoms with Gasteiger partial charge in [-0.15, -0.1) is 0 Å². The van der Waals surface area contributed by atoms with Crippen LogP contribution in [0, 0.1) is 0 Å². The molecule has 0 N–H and O–H groups in total. The van der Waals surface area contributed by atoms with Crippen LogP contribution in [-0.4, -0.2) is 6.18 Å². The maximum absolute atomic E-state index is 11.8. The summed E-state index contributed by atoms with van der Waals surface area (Å²) >= 11 is 5.32. The number of alkyl halides is 3. The third-order valence-corrected chi connectivity index (χ3v) is 1.14. The largest absolute Gasteiger partial charge is 0.412 e. The molecule has 64 valence electrons. The van der Waals surface area contributed by atoms with Gasteiger partial charge in [0.2, 0.25) is 0 Å². The lowest BCUT2D eigenvalue weighted by molar-refractivity contribution is -0.0912. The molecule has 0 aromatic rings. The van der Waals surface area contributed by atoms with E-state index in [9.17, 15) is 13.2 Å². The Labute approximate surface area is 68.3 Å². The van der Waals surface area contributed by atoms with Crippen LogP contribution in [-0.2, 0) is 0 Å². The Bertz CT molecular complexity index is 184. The first-order valence-electron chi connectivity index (χ1n) is 2.92. The standard InChI is InChI=1S/C7H8ClF3/c1-5(7(9,10)11)3-4-6(2)8/h3-4H,1-2H3/b5-3+,6-4+. The molecule has 0 saturated heterocycles. The van der Waals surface area contributed by atoms with Gasteiger partial charge in [0.05, 0.1) is 0 Å². The van der Waals surface area contributed by atoms with Gasteiger partial charge in [-0.3, -0.25) is 0 Å². The molecule has 0 unspecified atom stereocenters. The maximum Gasteiger partial charge on any atom is 0.412 e. The highest BCUT2D eigenvalue weighted by Gasteiger charge is 2.29. The third-order valence-electron chi connectivity index (χ3n) is 1.01. The molecular formula is C7H8ClF3. The van der Waals surface area contributed by atoms with Crippen molar-refractivity contribution in [2.75, 3.05) is 0 Å². The molecule has 0 bridgehead atoms. The van der Waals surface area contributed by atoms with Gasteiger partial charge in [0, 0.05) is 10.6 Å². The van der Waals surface area contributed by atoms with Crippen LogP contribution in [0.2, 0.25) is 0 Å². The molecule has 0 fully saturated rings. The molecule has 0 aliphatic carbocycles. The Morgan fingerprint density at radius 1 is 1.18 bits per heavy atom. The van der Waals surface area contributed by atoms with E-state index >= 15 is 0 Å². The molecule has 4 heteroatoms. The number of hydrogen-bond donors (Lipinski definition) is 0. The number of halogens is 4. The molecule has 0 atom stereocenters. The number of rotatable bonds is 1. The van der Waals surface area contributed by atoms with Crippen molar-refractivity contribution in [1.29, 1.82) is 0 Å². The van der Waals surface area contributed by atoms with Crippen LogP contribution >= 0.6 is 11.6 Å². The lowest BCUT2D eigenvalue weighted by atomic mass is 10.2. The van der Waals surface area contributed by atoms with Crippen molar-refractivity contribution >= 4 is 11.6 Å². The van der Waals surface area contributed by atoms with Crippen molar-refractivity contribution in [3.63, 3.8) is 0 Å². The van der Waals surface area contributed by atoms with Gasteiger partial charge in [-0.25, -0.2) is 0 Å². The minimum absolute atomic E-state index is 0.327. The predicted octanol–water partition coefficient (Wildman–Crippen LogP) is 3.64. The first kappa shape index (κ1) is 10.6. The summed E-state index contributed by atoms with van der Waals surface area (Å²) in [7, 11) is 0. The van der Waals surface area contributed by atoms with Gasteiger partial charge in [0.15, 0.2) is 0 Å². The third kappa shape index (κ3) is 4.90. The van der Waals surface area contributed by atoms with Gasteiger partial charge in [0.1, 0.15) is 0 Å². The highest BCUT2D eigenvalue weighted by Crippen LogP contribution is 2.24. The van der Waals surface area contributed by atoms with Crippen molar-refractivity contribution in [3.8, 4) is 0 Å². The Kier molecular flexibility index (Phi) is 3.66. The Hall–Kier alpha value is -0.440. The highest BCUT2D eigenvalue weighted by molar-refractivity contribution is 6.29. The molecular weight excluding hydrogens is 177 g/mol. The van der Waals surface area contributed by atoms with Crippen LogP contribution < -0.4 is 0 Å². The summed E-state index contributed by atoms with van der Waals surface area (Å²) in [5, 5.41) is 0.327. The predicted molar refractivity (Wildman–Crippen MR) is 39.4 cm³/mol. The van der Waals surface area contributed by atoms with E-state index in [1.807, 2.05) is 0 Å². The minimum atomic E-state index is -4.25. The molecule has 11 heavy (non-hydrogen) atoms. The summed E-state index contributed by atoms with van der Waals surface area (Å²) < 4.78 is 35.3. The fourth-order valence-corrected chi connectivity index (χ4v) is 0.397. The molecule has 0 amide bonds. The minimum Gasteiger partial charge on any atom is -0.166 e. The first-order chi connectivity index (χ1) is 4.84. The average Bonchev–Trinajstić information content (AvgIpc) is 1.80. The van der Waals surface area contributed by atoms with Gasteiger partial charge >= 0.3 is 6.18 Å². The topological polar surface area (TPSA) is 0 Å².